The van der Waals surface area contributed by atoms with Gasteiger partial charge in [0.05, 0.1) is 10.9 Å². The van der Waals surface area contributed by atoms with Crippen molar-refractivity contribution < 1.29 is 4.79 Å². The molecule has 2 aromatic rings. The number of rotatable bonds is 3. The summed E-state index contributed by atoms with van der Waals surface area (Å²) in [6, 6.07) is 9.95. The first-order valence-corrected chi connectivity index (χ1v) is 5.59. The van der Waals surface area contributed by atoms with Gasteiger partial charge in [-0.25, -0.2) is 0 Å². The second kappa shape index (κ2) is 4.62. The minimum Gasteiger partial charge on any atom is -0.302 e. The lowest BCUT2D eigenvalue weighted by atomic mass is 10.1. The van der Waals surface area contributed by atoms with Gasteiger partial charge in [-0.05, 0) is 25.0 Å². The van der Waals surface area contributed by atoms with E-state index in [1.54, 1.807) is 0 Å². The number of carbonyl (C=O) groups is 1. The Hall–Kier alpha value is -1.41. The molecule has 2 nitrogen and oxygen atoms in total. The number of benzene rings is 1. The monoisotopic (exact) mass is 233 g/mol. The third-order valence-electron chi connectivity index (χ3n) is 2.51. The minimum absolute atomic E-state index is 0.479. The maximum atomic E-state index is 10.6. The molecule has 2 rings (SSSR count). The van der Waals surface area contributed by atoms with E-state index in [1.807, 2.05) is 37.3 Å². The SMILES string of the molecule is Cc1ccc2cccc(CC(Cl)C=O)c2n1. The fourth-order valence-electron chi connectivity index (χ4n) is 1.73. The highest BCUT2D eigenvalue weighted by Crippen LogP contribution is 2.19. The van der Waals surface area contributed by atoms with Gasteiger partial charge in [0.2, 0.25) is 0 Å². The molecule has 3 heteroatoms. The molecule has 0 spiro atoms. The van der Waals surface area contributed by atoms with Crippen LogP contribution in [0.1, 0.15) is 11.3 Å². The largest absolute Gasteiger partial charge is 0.302 e. The van der Waals surface area contributed by atoms with Crippen molar-refractivity contribution in [3.8, 4) is 0 Å². The Morgan fingerprint density at radius 1 is 1.38 bits per heavy atom. The van der Waals surface area contributed by atoms with Crippen molar-refractivity contribution in [2.24, 2.45) is 0 Å². The number of nitrogens with zero attached hydrogens (tertiary/aromatic N) is 1. The maximum absolute atomic E-state index is 10.6. The number of fused-ring (bicyclic) bond motifs is 1. The Morgan fingerprint density at radius 2 is 2.19 bits per heavy atom. The highest BCUT2D eigenvalue weighted by atomic mass is 35.5. The third-order valence-corrected chi connectivity index (χ3v) is 2.76. The van der Waals surface area contributed by atoms with Crippen LogP contribution >= 0.6 is 11.6 Å². The van der Waals surface area contributed by atoms with Crippen LogP contribution in [-0.4, -0.2) is 16.6 Å². The molecule has 0 aliphatic carbocycles. The van der Waals surface area contributed by atoms with Gasteiger partial charge in [-0.15, -0.1) is 11.6 Å². The highest BCUT2D eigenvalue weighted by molar-refractivity contribution is 6.27. The fourth-order valence-corrected chi connectivity index (χ4v) is 1.90. The molecular weight excluding hydrogens is 222 g/mol. The van der Waals surface area contributed by atoms with E-state index in [-0.39, 0.29) is 0 Å². The van der Waals surface area contributed by atoms with E-state index in [4.69, 9.17) is 11.6 Å². The summed E-state index contributed by atoms with van der Waals surface area (Å²) in [6.07, 6.45) is 1.29. The first-order chi connectivity index (χ1) is 7.70. The van der Waals surface area contributed by atoms with Crippen molar-refractivity contribution in [2.45, 2.75) is 18.7 Å². The molecule has 1 unspecified atom stereocenters. The van der Waals surface area contributed by atoms with Crippen LogP contribution in [-0.2, 0) is 11.2 Å². The number of alkyl halides is 1. The van der Waals surface area contributed by atoms with Crippen LogP contribution in [0.2, 0.25) is 0 Å². The Kier molecular flexibility index (Phi) is 3.20. The summed E-state index contributed by atoms with van der Waals surface area (Å²) in [5, 5.41) is 0.603. The van der Waals surface area contributed by atoms with Gasteiger partial charge in [0.15, 0.2) is 0 Å². The molecule has 0 aliphatic rings. The lowest BCUT2D eigenvalue weighted by molar-refractivity contribution is -0.107. The zero-order chi connectivity index (χ0) is 11.5. The Balaban J connectivity index is 2.51. The molecule has 1 aromatic carbocycles. The van der Waals surface area contributed by atoms with Gasteiger partial charge in [0.25, 0.3) is 0 Å². The van der Waals surface area contributed by atoms with Crippen molar-refractivity contribution in [1.29, 1.82) is 0 Å². The molecule has 0 fully saturated rings. The summed E-state index contributed by atoms with van der Waals surface area (Å²) in [5.41, 5.74) is 2.93. The van der Waals surface area contributed by atoms with Crippen LogP contribution in [0.5, 0.6) is 0 Å². The predicted molar refractivity (Wildman–Crippen MR) is 65.9 cm³/mol. The van der Waals surface area contributed by atoms with Crippen molar-refractivity contribution in [3.05, 3.63) is 41.6 Å². The molecule has 0 saturated carbocycles. The van der Waals surface area contributed by atoms with Crippen molar-refractivity contribution in [1.82, 2.24) is 4.98 Å². The summed E-state index contributed by atoms with van der Waals surface area (Å²) in [4.78, 5) is 15.0. The summed E-state index contributed by atoms with van der Waals surface area (Å²) >= 11 is 5.84. The predicted octanol–water partition coefficient (Wildman–Crippen LogP) is 2.89. The summed E-state index contributed by atoms with van der Waals surface area (Å²) in [6.45, 7) is 1.95. The first-order valence-electron chi connectivity index (χ1n) is 5.15. The number of aldehydes is 1. The smallest absolute Gasteiger partial charge is 0.138 e. The zero-order valence-electron chi connectivity index (χ0n) is 8.98. The van der Waals surface area contributed by atoms with Gasteiger partial charge in [-0.3, -0.25) is 4.98 Å². The second-order valence-electron chi connectivity index (χ2n) is 3.80. The number of para-hydroxylation sites is 1. The minimum atomic E-state index is -0.479. The van der Waals surface area contributed by atoms with Crippen molar-refractivity contribution in [3.63, 3.8) is 0 Å². The third kappa shape index (κ3) is 2.22. The molecule has 0 bridgehead atoms. The van der Waals surface area contributed by atoms with Gasteiger partial charge >= 0.3 is 0 Å². The van der Waals surface area contributed by atoms with Gasteiger partial charge in [0.1, 0.15) is 6.29 Å². The van der Waals surface area contributed by atoms with Crippen molar-refractivity contribution in [2.75, 3.05) is 0 Å². The average molecular weight is 234 g/mol. The topological polar surface area (TPSA) is 30.0 Å². The van der Waals surface area contributed by atoms with Crippen LogP contribution in [0.3, 0.4) is 0 Å². The van der Waals surface area contributed by atoms with E-state index >= 15 is 0 Å². The molecule has 1 aromatic heterocycles. The highest BCUT2D eigenvalue weighted by Gasteiger charge is 2.08. The Labute approximate surface area is 99.3 Å². The number of aryl methyl sites for hydroxylation is 1. The maximum Gasteiger partial charge on any atom is 0.138 e. The second-order valence-corrected chi connectivity index (χ2v) is 4.36. The van der Waals surface area contributed by atoms with E-state index in [0.717, 1.165) is 28.4 Å². The van der Waals surface area contributed by atoms with Crippen LogP contribution < -0.4 is 0 Å². The lowest BCUT2D eigenvalue weighted by Gasteiger charge is -2.07. The quantitative estimate of drug-likeness (QED) is 0.603. The van der Waals surface area contributed by atoms with Gasteiger partial charge in [-0.1, -0.05) is 24.3 Å². The number of carbonyl (C=O) groups excluding carboxylic acids is 1. The lowest BCUT2D eigenvalue weighted by Crippen LogP contribution is -2.05. The number of hydrogen-bond donors (Lipinski definition) is 0. The van der Waals surface area contributed by atoms with E-state index in [2.05, 4.69) is 4.98 Å². The zero-order valence-corrected chi connectivity index (χ0v) is 9.74. The molecule has 0 radical (unpaired) electrons. The summed E-state index contributed by atoms with van der Waals surface area (Å²) < 4.78 is 0. The van der Waals surface area contributed by atoms with Crippen molar-refractivity contribution >= 4 is 28.8 Å². The molecule has 0 saturated heterocycles. The summed E-state index contributed by atoms with van der Waals surface area (Å²) in [5.74, 6) is 0. The van der Waals surface area contributed by atoms with E-state index in [0.29, 0.717) is 6.42 Å². The normalized spacial score (nSPS) is 12.6. The average Bonchev–Trinajstić information content (AvgIpc) is 2.29. The number of pyridine rings is 1. The van der Waals surface area contributed by atoms with E-state index in [9.17, 15) is 4.79 Å². The number of hydrogen-bond acceptors (Lipinski definition) is 2. The Bertz CT molecular complexity index is 524. The van der Waals surface area contributed by atoms with E-state index < -0.39 is 5.38 Å². The first kappa shape index (κ1) is 11.1. The van der Waals surface area contributed by atoms with Crippen LogP contribution in [0, 0.1) is 6.92 Å². The molecule has 0 amide bonds. The van der Waals surface area contributed by atoms with Gasteiger partial charge in [-0.2, -0.15) is 0 Å². The number of halogens is 1. The molecule has 0 N–H and O–H groups in total. The number of aromatic nitrogens is 1. The van der Waals surface area contributed by atoms with Crippen LogP contribution in [0.4, 0.5) is 0 Å². The molecule has 1 heterocycles. The van der Waals surface area contributed by atoms with Crippen LogP contribution in [0.25, 0.3) is 10.9 Å². The molecule has 1 atom stereocenters. The standard InChI is InChI=1S/C13H12ClNO/c1-9-5-6-10-3-2-4-11(13(10)15-9)7-12(14)8-16/h2-6,8,12H,7H2,1H3. The molecular formula is C13H12ClNO. The summed E-state index contributed by atoms with van der Waals surface area (Å²) in [7, 11) is 0. The van der Waals surface area contributed by atoms with Gasteiger partial charge in [0, 0.05) is 11.1 Å². The Morgan fingerprint density at radius 3 is 2.94 bits per heavy atom. The molecule has 16 heavy (non-hydrogen) atoms. The van der Waals surface area contributed by atoms with E-state index in [1.165, 1.54) is 0 Å². The fraction of sp³-hybridized carbons (Fsp3) is 0.231. The molecule has 0 aliphatic heterocycles. The molecule has 82 valence electrons. The van der Waals surface area contributed by atoms with Crippen LogP contribution in [0.15, 0.2) is 30.3 Å². The van der Waals surface area contributed by atoms with Gasteiger partial charge < -0.3 is 4.79 Å².